The molecule has 0 amide bonds. The van der Waals surface area contributed by atoms with E-state index in [1.807, 2.05) is 0 Å². The van der Waals surface area contributed by atoms with Crippen LogP contribution >= 0.6 is 0 Å². The van der Waals surface area contributed by atoms with E-state index in [0.29, 0.717) is 6.20 Å². The summed E-state index contributed by atoms with van der Waals surface area (Å²) in [5, 5.41) is 10.4. The van der Waals surface area contributed by atoms with Crippen molar-refractivity contribution in [3.8, 4) is 0 Å². The van der Waals surface area contributed by atoms with Gasteiger partial charge in [0.05, 0.1) is 6.61 Å². The lowest BCUT2D eigenvalue weighted by molar-refractivity contribution is -0.391. The highest BCUT2D eigenvalue weighted by Gasteiger charge is 2.32. The standard InChI is InChI=1S/C9H7F3N2O4/c1-2-18-9(15)4-3-13-8(14(16)17)5(6(4)10)7(11)12/h3,7H,2H2,1H3. The molecule has 0 fully saturated rings. The molecule has 98 valence electrons. The normalized spacial score (nSPS) is 10.5. The van der Waals surface area contributed by atoms with Crippen LogP contribution in [0.2, 0.25) is 0 Å². The summed E-state index contributed by atoms with van der Waals surface area (Å²) in [6, 6.07) is 0. The molecule has 0 N–H and O–H groups in total. The first-order valence-electron chi connectivity index (χ1n) is 4.68. The molecule has 1 rings (SSSR count). The lowest BCUT2D eigenvalue weighted by atomic mass is 10.1. The van der Waals surface area contributed by atoms with Crippen LogP contribution in [0.15, 0.2) is 6.20 Å². The van der Waals surface area contributed by atoms with Gasteiger partial charge in [-0.1, -0.05) is 0 Å². The summed E-state index contributed by atoms with van der Waals surface area (Å²) in [6.45, 7) is 1.34. The van der Waals surface area contributed by atoms with E-state index < -0.39 is 40.1 Å². The lowest BCUT2D eigenvalue weighted by Gasteiger charge is -2.06. The predicted octanol–water partition coefficient (Wildman–Crippen LogP) is 2.24. The predicted molar refractivity (Wildman–Crippen MR) is 51.8 cm³/mol. The molecular formula is C9H7F3N2O4. The Hall–Kier alpha value is -2.19. The van der Waals surface area contributed by atoms with Gasteiger partial charge >= 0.3 is 11.8 Å². The smallest absolute Gasteiger partial charge is 0.375 e. The summed E-state index contributed by atoms with van der Waals surface area (Å²) >= 11 is 0. The molecule has 0 saturated heterocycles. The van der Waals surface area contributed by atoms with Crippen molar-refractivity contribution in [2.24, 2.45) is 0 Å². The van der Waals surface area contributed by atoms with Crippen molar-refractivity contribution >= 4 is 11.8 Å². The molecule has 0 atom stereocenters. The number of nitrogens with zero attached hydrogens (tertiary/aromatic N) is 2. The Bertz CT molecular complexity index is 493. The molecule has 0 spiro atoms. The fraction of sp³-hybridized carbons (Fsp3) is 0.333. The number of alkyl halides is 2. The van der Waals surface area contributed by atoms with Gasteiger partial charge in [-0.25, -0.2) is 18.0 Å². The second-order valence-corrected chi connectivity index (χ2v) is 3.00. The van der Waals surface area contributed by atoms with Crippen molar-refractivity contribution in [2.45, 2.75) is 13.3 Å². The van der Waals surface area contributed by atoms with Gasteiger partial charge in [-0.05, 0) is 16.8 Å². The van der Waals surface area contributed by atoms with Crippen LogP contribution in [-0.2, 0) is 4.74 Å². The average Bonchev–Trinajstić information content (AvgIpc) is 2.27. The topological polar surface area (TPSA) is 82.3 Å². The zero-order chi connectivity index (χ0) is 13.9. The summed E-state index contributed by atoms with van der Waals surface area (Å²) < 4.78 is 43.1. The largest absolute Gasteiger partial charge is 0.462 e. The quantitative estimate of drug-likeness (QED) is 0.473. The highest BCUT2D eigenvalue weighted by Crippen LogP contribution is 2.31. The number of carbonyl (C=O) groups is 1. The fourth-order valence-corrected chi connectivity index (χ4v) is 1.19. The Kier molecular flexibility index (Phi) is 4.18. The van der Waals surface area contributed by atoms with Crippen molar-refractivity contribution in [1.82, 2.24) is 4.98 Å². The van der Waals surface area contributed by atoms with Crippen molar-refractivity contribution in [2.75, 3.05) is 6.61 Å². The minimum atomic E-state index is -3.47. The van der Waals surface area contributed by atoms with E-state index in [1.54, 1.807) is 0 Å². The maximum absolute atomic E-state index is 13.6. The van der Waals surface area contributed by atoms with E-state index >= 15 is 0 Å². The second kappa shape index (κ2) is 5.43. The van der Waals surface area contributed by atoms with E-state index in [-0.39, 0.29) is 6.61 Å². The molecule has 0 bridgehead atoms. The Balaban J connectivity index is 3.39. The molecule has 0 unspecified atom stereocenters. The summed E-state index contributed by atoms with van der Waals surface area (Å²) in [4.78, 5) is 23.4. The Morgan fingerprint density at radius 2 is 2.22 bits per heavy atom. The molecule has 0 aliphatic heterocycles. The van der Waals surface area contributed by atoms with Gasteiger partial charge in [0.25, 0.3) is 6.43 Å². The molecule has 0 aliphatic carbocycles. The Morgan fingerprint density at radius 3 is 2.67 bits per heavy atom. The minimum absolute atomic E-state index is 0.0979. The minimum Gasteiger partial charge on any atom is -0.462 e. The van der Waals surface area contributed by atoms with Gasteiger partial charge in [0, 0.05) is 0 Å². The van der Waals surface area contributed by atoms with Crippen LogP contribution in [0, 0.1) is 15.9 Å². The van der Waals surface area contributed by atoms with Crippen LogP contribution in [0.25, 0.3) is 0 Å². The van der Waals surface area contributed by atoms with Crippen molar-refractivity contribution in [3.05, 3.63) is 33.3 Å². The van der Waals surface area contributed by atoms with Crippen molar-refractivity contribution in [1.29, 1.82) is 0 Å². The number of aromatic nitrogens is 1. The number of hydrogen-bond donors (Lipinski definition) is 0. The number of pyridine rings is 1. The molecule has 6 nitrogen and oxygen atoms in total. The van der Waals surface area contributed by atoms with E-state index in [9.17, 15) is 28.1 Å². The first-order chi connectivity index (χ1) is 8.40. The highest BCUT2D eigenvalue weighted by atomic mass is 19.3. The Morgan fingerprint density at radius 1 is 1.61 bits per heavy atom. The number of hydrogen-bond acceptors (Lipinski definition) is 5. The van der Waals surface area contributed by atoms with E-state index in [2.05, 4.69) is 9.72 Å². The molecule has 0 aromatic carbocycles. The Labute approximate surface area is 98.5 Å². The third-order valence-electron chi connectivity index (χ3n) is 1.92. The molecular weight excluding hydrogens is 257 g/mol. The van der Waals surface area contributed by atoms with Crippen LogP contribution in [0.1, 0.15) is 29.3 Å². The highest BCUT2D eigenvalue weighted by molar-refractivity contribution is 5.89. The molecule has 18 heavy (non-hydrogen) atoms. The van der Waals surface area contributed by atoms with Gasteiger partial charge in [-0.3, -0.25) is 0 Å². The second-order valence-electron chi connectivity index (χ2n) is 3.00. The van der Waals surface area contributed by atoms with E-state index in [4.69, 9.17) is 0 Å². The van der Waals surface area contributed by atoms with Gasteiger partial charge in [-0.2, -0.15) is 0 Å². The molecule has 0 radical (unpaired) electrons. The molecule has 9 heteroatoms. The fourth-order valence-electron chi connectivity index (χ4n) is 1.19. The summed E-state index contributed by atoms with van der Waals surface area (Å²) in [7, 11) is 0. The molecule has 1 aromatic rings. The lowest BCUT2D eigenvalue weighted by Crippen LogP contribution is -2.12. The number of carbonyl (C=O) groups excluding carboxylic acids is 1. The van der Waals surface area contributed by atoms with E-state index in [0.717, 1.165) is 0 Å². The van der Waals surface area contributed by atoms with Crippen LogP contribution in [0.5, 0.6) is 0 Å². The summed E-state index contributed by atoms with van der Waals surface area (Å²) in [6.07, 6.45) is -2.97. The third kappa shape index (κ3) is 2.55. The maximum atomic E-state index is 13.6. The molecule has 1 aromatic heterocycles. The van der Waals surface area contributed by atoms with Gasteiger partial charge in [-0.15, -0.1) is 0 Å². The summed E-state index contributed by atoms with van der Waals surface area (Å²) in [5.74, 6) is -4.22. The monoisotopic (exact) mass is 264 g/mol. The number of esters is 1. The third-order valence-corrected chi connectivity index (χ3v) is 1.92. The average molecular weight is 264 g/mol. The van der Waals surface area contributed by atoms with Crippen LogP contribution in [-0.4, -0.2) is 22.5 Å². The van der Waals surface area contributed by atoms with E-state index in [1.165, 1.54) is 6.92 Å². The van der Waals surface area contributed by atoms with Gasteiger partial charge in [0.1, 0.15) is 5.56 Å². The maximum Gasteiger partial charge on any atom is 0.375 e. The van der Waals surface area contributed by atoms with Gasteiger partial charge in [0.15, 0.2) is 17.6 Å². The first-order valence-corrected chi connectivity index (χ1v) is 4.68. The molecule has 0 saturated carbocycles. The first kappa shape index (κ1) is 13.9. The number of ether oxygens (including phenoxy) is 1. The van der Waals surface area contributed by atoms with Gasteiger partial charge < -0.3 is 14.9 Å². The van der Waals surface area contributed by atoms with Crippen molar-refractivity contribution < 1.29 is 27.6 Å². The SMILES string of the molecule is CCOC(=O)c1cnc([N+](=O)[O-])c(C(F)F)c1F. The molecule has 0 aliphatic rings. The van der Waals surface area contributed by atoms with Crippen LogP contribution in [0.3, 0.4) is 0 Å². The van der Waals surface area contributed by atoms with Crippen molar-refractivity contribution in [3.63, 3.8) is 0 Å². The molecule has 1 heterocycles. The van der Waals surface area contributed by atoms with Crippen LogP contribution < -0.4 is 0 Å². The number of rotatable bonds is 4. The number of halogens is 3. The zero-order valence-corrected chi connectivity index (χ0v) is 9.02. The van der Waals surface area contributed by atoms with Crippen LogP contribution in [0.4, 0.5) is 19.0 Å². The summed E-state index contributed by atoms with van der Waals surface area (Å²) in [5.41, 5.74) is -2.39. The van der Waals surface area contributed by atoms with Gasteiger partial charge in [0.2, 0.25) is 0 Å². The zero-order valence-electron chi connectivity index (χ0n) is 9.02. The number of nitro groups is 1.